The molecule has 0 amide bonds. The third-order valence-electron chi connectivity index (χ3n) is 6.73. The lowest BCUT2D eigenvalue weighted by molar-refractivity contribution is 0.406. The van der Waals surface area contributed by atoms with E-state index in [4.69, 9.17) is 4.74 Å². The van der Waals surface area contributed by atoms with E-state index in [2.05, 4.69) is 34.3 Å². The summed E-state index contributed by atoms with van der Waals surface area (Å²) in [6.45, 7) is 3.85. The summed E-state index contributed by atoms with van der Waals surface area (Å²) in [5, 5.41) is 3.67. The van der Waals surface area contributed by atoms with E-state index < -0.39 is 10.0 Å². The van der Waals surface area contributed by atoms with Gasteiger partial charge in [0.2, 0.25) is 0 Å². The van der Waals surface area contributed by atoms with Gasteiger partial charge < -0.3 is 10.1 Å². The summed E-state index contributed by atoms with van der Waals surface area (Å²) >= 11 is 0. The highest BCUT2D eigenvalue weighted by Crippen LogP contribution is 2.50. The van der Waals surface area contributed by atoms with E-state index in [0.717, 1.165) is 34.5 Å². The first-order valence-electron chi connectivity index (χ1n) is 11.2. The van der Waals surface area contributed by atoms with Crippen LogP contribution in [0.5, 0.6) is 5.75 Å². The van der Waals surface area contributed by atoms with E-state index in [-0.39, 0.29) is 16.9 Å². The molecule has 0 radical (unpaired) electrons. The van der Waals surface area contributed by atoms with E-state index in [1.54, 1.807) is 13.2 Å². The van der Waals surface area contributed by atoms with E-state index >= 15 is 0 Å². The van der Waals surface area contributed by atoms with Crippen molar-refractivity contribution in [3.63, 3.8) is 0 Å². The smallest absolute Gasteiger partial charge is 0.261 e. The van der Waals surface area contributed by atoms with Crippen molar-refractivity contribution in [1.29, 1.82) is 0 Å². The molecule has 5 nitrogen and oxygen atoms in total. The van der Waals surface area contributed by atoms with Crippen molar-refractivity contribution in [2.45, 2.75) is 37.1 Å². The molecule has 3 atom stereocenters. The number of benzene rings is 3. The largest absolute Gasteiger partial charge is 0.497 e. The minimum absolute atomic E-state index is 0.128. The number of fused-ring (bicyclic) bond motifs is 3. The number of hydrogen-bond acceptors (Lipinski definition) is 4. The number of methoxy groups -OCH3 is 1. The molecule has 5 rings (SSSR count). The molecule has 0 saturated heterocycles. The fourth-order valence-corrected chi connectivity index (χ4v) is 6.11. The quantitative estimate of drug-likeness (QED) is 0.463. The maximum absolute atomic E-state index is 13.2. The average molecular weight is 461 g/mol. The van der Waals surface area contributed by atoms with Crippen LogP contribution >= 0.6 is 0 Å². The number of sulfonamides is 1. The Labute approximate surface area is 195 Å². The molecule has 3 aromatic rings. The van der Waals surface area contributed by atoms with Gasteiger partial charge in [0.15, 0.2) is 0 Å². The molecule has 2 unspecified atom stereocenters. The Bertz CT molecular complexity index is 1350. The maximum Gasteiger partial charge on any atom is 0.261 e. The van der Waals surface area contributed by atoms with Crippen LogP contribution in [0.15, 0.2) is 77.7 Å². The van der Waals surface area contributed by atoms with E-state index in [9.17, 15) is 8.42 Å². The topological polar surface area (TPSA) is 67.4 Å². The molecule has 1 aliphatic heterocycles. The van der Waals surface area contributed by atoms with Crippen molar-refractivity contribution in [1.82, 2.24) is 0 Å². The van der Waals surface area contributed by atoms with Crippen LogP contribution in [0.25, 0.3) is 0 Å². The molecular weight excluding hydrogens is 432 g/mol. The number of ether oxygens (including phenoxy) is 1. The molecule has 170 valence electrons. The monoisotopic (exact) mass is 460 g/mol. The van der Waals surface area contributed by atoms with Gasteiger partial charge in [0.05, 0.1) is 23.7 Å². The lowest BCUT2D eigenvalue weighted by Crippen LogP contribution is -2.29. The second kappa shape index (κ2) is 8.27. The molecule has 2 aliphatic rings. The Hall–Kier alpha value is -3.25. The van der Waals surface area contributed by atoms with Gasteiger partial charge >= 0.3 is 0 Å². The molecule has 0 bridgehead atoms. The molecule has 0 saturated carbocycles. The molecule has 6 heteroatoms. The molecule has 2 N–H and O–H groups in total. The van der Waals surface area contributed by atoms with Crippen molar-refractivity contribution in [3.05, 3.63) is 95.1 Å². The first kappa shape index (κ1) is 21.6. The lowest BCUT2D eigenvalue weighted by Gasteiger charge is -2.37. The second-order valence-corrected chi connectivity index (χ2v) is 10.6. The number of rotatable bonds is 5. The highest BCUT2D eigenvalue weighted by molar-refractivity contribution is 7.92. The van der Waals surface area contributed by atoms with Crippen molar-refractivity contribution in [3.8, 4) is 5.75 Å². The number of aryl methyl sites for hydroxylation is 2. The minimum atomic E-state index is -3.71. The van der Waals surface area contributed by atoms with Crippen LogP contribution in [0.4, 0.5) is 11.4 Å². The van der Waals surface area contributed by atoms with Gasteiger partial charge in [-0.3, -0.25) is 4.72 Å². The van der Waals surface area contributed by atoms with Crippen molar-refractivity contribution in [2.75, 3.05) is 17.1 Å². The van der Waals surface area contributed by atoms with Gasteiger partial charge in [-0.25, -0.2) is 8.42 Å². The molecule has 33 heavy (non-hydrogen) atoms. The molecule has 0 fully saturated rings. The predicted octanol–water partition coefficient (Wildman–Crippen LogP) is 5.94. The minimum Gasteiger partial charge on any atom is -0.497 e. The van der Waals surface area contributed by atoms with Crippen LogP contribution in [-0.2, 0) is 10.0 Å². The number of anilines is 2. The van der Waals surface area contributed by atoms with E-state index in [1.807, 2.05) is 56.3 Å². The molecule has 1 heterocycles. The average Bonchev–Trinajstić information content (AvgIpc) is 3.31. The zero-order valence-electron chi connectivity index (χ0n) is 19.0. The van der Waals surface area contributed by atoms with Crippen molar-refractivity contribution in [2.24, 2.45) is 5.92 Å². The van der Waals surface area contributed by atoms with Gasteiger partial charge in [-0.15, -0.1) is 0 Å². The first-order valence-corrected chi connectivity index (χ1v) is 12.7. The van der Waals surface area contributed by atoms with E-state index in [0.29, 0.717) is 11.6 Å². The van der Waals surface area contributed by atoms with Gasteiger partial charge in [-0.2, -0.15) is 0 Å². The fourth-order valence-electron chi connectivity index (χ4n) is 4.95. The third kappa shape index (κ3) is 4.00. The standard InChI is InChI=1S/C27H28N2O3S/c1-17-10-11-18(2)26(14-17)29-33(30,31)21-12-13-25-24(16-21)22-8-5-9-23(22)27(28-25)19-6-4-7-20(15-19)32-3/h4-8,10-16,22-23,27-29H,9H2,1-3H3/t22?,23?,27-/m1/s1. The van der Waals surface area contributed by atoms with Gasteiger partial charge in [0, 0.05) is 11.6 Å². The van der Waals surface area contributed by atoms with Gasteiger partial charge in [0.25, 0.3) is 10.0 Å². The SMILES string of the molecule is COc1cccc([C@H]2Nc3ccc(S(=O)(=O)Nc4cc(C)ccc4C)cc3C3C=CCC32)c1. The Balaban J connectivity index is 1.49. The van der Waals surface area contributed by atoms with Crippen molar-refractivity contribution < 1.29 is 13.2 Å². The van der Waals surface area contributed by atoms with Crippen LogP contribution in [0, 0.1) is 19.8 Å². The molecule has 1 aliphatic carbocycles. The third-order valence-corrected chi connectivity index (χ3v) is 8.10. The highest BCUT2D eigenvalue weighted by atomic mass is 32.2. The predicted molar refractivity (Wildman–Crippen MR) is 133 cm³/mol. The van der Waals surface area contributed by atoms with Crippen LogP contribution < -0.4 is 14.8 Å². The second-order valence-electron chi connectivity index (χ2n) is 8.93. The van der Waals surface area contributed by atoms with Crippen LogP contribution in [0.3, 0.4) is 0 Å². The maximum atomic E-state index is 13.2. The Morgan fingerprint density at radius 1 is 1.03 bits per heavy atom. The molecular formula is C27H28N2O3S. The number of nitrogens with one attached hydrogen (secondary N) is 2. The molecule has 0 aromatic heterocycles. The first-order chi connectivity index (χ1) is 15.9. The molecule has 3 aromatic carbocycles. The lowest BCUT2D eigenvalue weighted by atomic mass is 9.77. The summed E-state index contributed by atoms with van der Waals surface area (Å²) in [5.41, 5.74) is 5.69. The van der Waals surface area contributed by atoms with Crippen LogP contribution in [-0.4, -0.2) is 15.5 Å². The highest BCUT2D eigenvalue weighted by Gasteiger charge is 2.38. The van der Waals surface area contributed by atoms with Gasteiger partial charge in [-0.1, -0.05) is 36.4 Å². The normalized spacial score (nSPS) is 21.1. The Morgan fingerprint density at radius 2 is 1.88 bits per heavy atom. The Kier molecular flexibility index (Phi) is 5.41. The molecule has 0 spiro atoms. The fraction of sp³-hybridized carbons (Fsp3) is 0.259. The van der Waals surface area contributed by atoms with Gasteiger partial charge in [0.1, 0.15) is 5.75 Å². The zero-order valence-corrected chi connectivity index (χ0v) is 19.8. The van der Waals surface area contributed by atoms with Gasteiger partial charge in [-0.05, 0) is 84.8 Å². The summed E-state index contributed by atoms with van der Waals surface area (Å²) in [5.74, 6) is 1.31. The number of allylic oxidation sites excluding steroid dienone is 2. The Morgan fingerprint density at radius 3 is 2.70 bits per heavy atom. The van der Waals surface area contributed by atoms with Crippen LogP contribution in [0.2, 0.25) is 0 Å². The summed E-state index contributed by atoms with van der Waals surface area (Å²) in [6, 6.07) is 19.4. The number of hydrogen-bond donors (Lipinski definition) is 2. The summed E-state index contributed by atoms with van der Waals surface area (Å²) in [7, 11) is -2.03. The van der Waals surface area contributed by atoms with E-state index in [1.165, 1.54) is 5.56 Å². The van der Waals surface area contributed by atoms with Crippen LogP contribution in [0.1, 0.15) is 40.6 Å². The summed E-state index contributed by atoms with van der Waals surface area (Å²) in [4.78, 5) is 0.280. The zero-order chi connectivity index (χ0) is 23.2. The summed E-state index contributed by atoms with van der Waals surface area (Å²) in [6.07, 6.45) is 5.36. The van der Waals surface area contributed by atoms with Crippen molar-refractivity contribution >= 4 is 21.4 Å². The summed E-state index contributed by atoms with van der Waals surface area (Å²) < 4.78 is 34.7.